The molecule has 1 aromatic carbocycles. The SMILES string of the molecule is C[C@@H]1CN(S(=O)(=O)c2ccc([N+](=O)[O-])cc2F)C[C@H]1C(=O)O. The van der Waals surface area contributed by atoms with E-state index in [1.807, 2.05) is 0 Å². The zero-order chi connectivity index (χ0) is 16.7. The van der Waals surface area contributed by atoms with Crippen molar-refractivity contribution in [2.75, 3.05) is 13.1 Å². The second-order valence-electron chi connectivity index (χ2n) is 5.12. The van der Waals surface area contributed by atoms with Gasteiger partial charge in [-0.15, -0.1) is 0 Å². The van der Waals surface area contributed by atoms with E-state index in [2.05, 4.69) is 0 Å². The number of rotatable bonds is 4. The number of nitro benzene ring substituents is 1. The lowest BCUT2D eigenvalue weighted by Crippen LogP contribution is -2.30. The predicted octanol–water partition coefficient (Wildman–Crippen LogP) is 1.08. The molecule has 0 bridgehead atoms. The van der Waals surface area contributed by atoms with Crippen LogP contribution >= 0.6 is 0 Å². The van der Waals surface area contributed by atoms with Crippen molar-refractivity contribution in [3.63, 3.8) is 0 Å². The number of hydrogen-bond donors (Lipinski definition) is 1. The zero-order valence-electron chi connectivity index (χ0n) is 11.5. The zero-order valence-corrected chi connectivity index (χ0v) is 12.3. The van der Waals surface area contributed by atoms with Gasteiger partial charge in [-0.05, 0) is 12.0 Å². The molecule has 8 nitrogen and oxygen atoms in total. The Labute approximate surface area is 125 Å². The largest absolute Gasteiger partial charge is 0.481 e. The highest BCUT2D eigenvalue weighted by Gasteiger charge is 2.41. The summed E-state index contributed by atoms with van der Waals surface area (Å²) < 4.78 is 39.5. The molecule has 1 aliphatic rings. The number of benzene rings is 1. The highest BCUT2D eigenvalue weighted by molar-refractivity contribution is 7.89. The van der Waals surface area contributed by atoms with Crippen LogP contribution in [0.4, 0.5) is 10.1 Å². The molecule has 22 heavy (non-hydrogen) atoms. The van der Waals surface area contributed by atoms with Gasteiger partial charge in [-0.3, -0.25) is 14.9 Å². The maximum atomic E-state index is 13.9. The number of carboxylic acids is 1. The van der Waals surface area contributed by atoms with Gasteiger partial charge in [0.25, 0.3) is 5.69 Å². The van der Waals surface area contributed by atoms with E-state index in [-0.39, 0.29) is 13.1 Å². The molecule has 120 valence electrons. The average Bonchev–Trinajstić information content (AvgIpc) is 2.81. The van der Waals surface area contributed by atoms with Gasteiger partial charge < -0.3 is 5.11 Å². The van der Waals surface area contributed by atoms with Gasteiger partial charge in [-0.2, -0.15) is 4.31 Å². The van der Waals surface area contributed by atoms with E-state index in [0.717, 1.165) is 16.4 Å². The molecule has 1 saturated heterocycles. The number of aliphatic carboxylic acids is 1. The van der Waals surface area contributed by atoms with E-state index in [1.54, 1.807) is 6.92 Å². The van der Waals surface area contributed by atoms with E-state index >= 15 is 0 Å². The number of hydrogen-bond acceptors (Lipinski definition) is 5. The fraction of sp³-hybridized carbons (Fsp3) is 0.417. The van der Waals surface area contributed by atoms with E-state index in [9.17, 15) is 27.7 Å². The summed E-state index contributed by atoms with van der Waals surface area (Å²) in [4.78, 5) is 20.0. The van der Waals surface area contributed by atoms with Crippen LogP contribution in [0.25, 0.3) is 0 Å². The Balaban J connectivity index is 2.36. The molecule has 2 atom stereocenters. The normalized spacial score (nSPS) is 22.6. The summed E-state index contributed by atoms with van der Waals surface area (Å²) in [6.07, 6.45) is 0. The summed E-state index contributed by atoms with van der Waals surface area (Å²) in [5, 5.41) is 19.6. The first-order valence-electron chi connectivity index (χ1n) is 6.31. The van der Waals surface area contributed by atoms with Crippen LogP contribution in [0.15, 0.2) is 23.1 Å². The number of nitrogens with zero attached hydrogens (tertiary/aromatic N) is 2. The standard InChI is InChI=1S/C12H13FN2O6S/c1-7-5-14(6-9(7)12(16)17)22(20,21)11-3-2-8(15(18)19)4-10(11)13/h2-4,7,9H,5-6H2,1H3,(H,16,17)/t7-,9-/m1/s1. The Kier molecular flexibility index (Phi) is 4.16. The Morgan fingerprint density at radius 3 is 2.55 bits per heavy atom. The summed E-state index contributed by atoms with van der Waals surface area (Å²) in [6.45, 7) is 1.30. The molecule has 2 rings (SSSR count). The summed E-state index contributed by atoms with van der Waals surface area (Å²) in [5.41, 5.74) is -0.561. The van der Waals surface area contributed by atoms with Gasteiger partial charge in [0, 0.05) is 19.2 Å². The minimum atomic E-state index is -4.24. The smallest absolute Gasteiger partial charge is 0.308 e. The number of sulfonamides is 1. The lowest BCUT2D eigenvalue weighted by molar-refractivity contribution is -0.385. The quantitative estimate of drug-likeness (QED) is 0.651. The molecule has 0 spiro atoms. The second-order valence-corrected chi connectivity index (χ2v) is 7.02. The average molecular weight is 332 g/mol. The van der Waals surface area contributed by atoms with Crippen LogP contribution in [0.3, 0.4) is 0 Å². The maximum absolute atomic E-state index is 13.9. The summed E-state index contributed by atoms with van der Waals surface area (Å²) in [6, 6.07) is 2.24. The molecule has 1 heterocycles. The molecule has 0 amide bonds. The first kappa shape index (κ1) is 16.3. The summed E-state index contributed by atoms with van der Waals surface area (Å²) >= 11 is 0. The van der Waals surface area contributed by atoms with E-state index in [0.29, 0.717) is 6.07 Å². The van der Waals surface area contributed by atoms with Crippen LogP contribution in [0, 0.1) is 27.8 Å². The van der Waals surface area contributed by atoms with Gasteiger partial charge in [-0.1, -0.05) is 6.92 Å². The minimum absolute atomic E-state index is 0.0459. The third kappa shape index (κ3) is 2.79. The topological polar surface area (TPSA) is 118 Å². The molecule has 1 aliphatic heterocycles. The third-order valence-electron chi connectivity index (χ3n) is 3.64. The van der Waals surface area contributed by atoms with Crippen LogP contribution < -0.4 is 0 Å². The fourth-order valence-electron chi connectivity index (χ4n) is 2.39. The molecule has 0 aliphatic carbocycles. The van der Waals surface area contributed by atoms with Gasteiger partial charge in [0.1, 0.15) is 10.7 Å². The van der Waals surface area contributed by atoms with Crippen molar-refractivity contribution in [3.8, 4) is 0 Å². The molecule has 0 unspecified atom stereocenters. The Morgan fingerprint density at radius 2 is 2.09 bits per heavy atom. The van der Waals surface area contributed by atoms with Crippen LogP contribution in [0.1, 0.15) is 6.92 Å². The number of halogens is 1. The van der Waals surface area contributed by atoms with Crippen LogP contribution in [0.2, 0.25) is 0 Å². The highest BCUT2D eigenvalue weighted by Crippen LogP contribution is 2.30. The molecule has 0 aromatic heterocycles. The van der Waals surface area contributed by atoms with Crippen molar-refractivity contribution < 1.29 is 27.6 Å². The predicted molar refractivity (Wildman–Crippen MR) is 72.1 cm³/mol. The molecule has 1 fully saturated rings. The van der Waals surface area contributed by atoms with Crippen molar-refractivity contribution in [1.82, 2.24) is 4.31 Å². The molecule has 0 radical (unpaired) electrons. The first-order chi connectivity index (χ1) is 10.1. The number of nitro groups is 1. The van der Waals surface area contributed by atoms with E-state index in [1.165, 1.54) is 0 Å². The van der Waals surface area contributed by atoms with Crippen molar-refractivity contribution in [2.45, 2.75) is 11.8 Å². The Morgan fingerprint density at radius 1 is 1.45 bits per heavy atom. The molecule has 0 saturated carbocycles. The van der Waals surface area contributed by atoms with Gasteiger partial charge in [0.2, 0.25) is 10.0 Å². The third-order valence-corrected chi connectivity index (χ3v) is 5.51. The number of non-ortho nitro benzene ring substituents is 1. The Bertz CT molecular complexity index is 735. The molecule has 1 aromatic rings. The van der Waals surface area contributed by atoms with Crippen molar-refractivity contribution >= 4 is 21.7 Å². The fourth-order valence-corrected chi connectivity index (χ4v) is 4.00. The Hall–Kier alpha value is -2.07. The van der Waals surface area contributed by atoms with Crippen LogP contribution in [-0.2, 0) is 14.8 Å². The van der Waals surface area contributed by atoms with Crippen molar-refractivity contribution in [3.05, 3.63) is 34.1 Å². The minimum Gasteiger partial charge on any atom is -0.481 e. The van der Waals surface area contributed by atoms with E-state index in [4.69, 9.17) is 5.11 Å². The van der Waals surface area contributed by atoms with Crippen LogP contribution in [-0.4, -0.2) is 41.8 Å². The molecular weight excluding hydrogens is 319 g/mol. The summed E-state index contributed by atoms with van der Waals surface area (Å²) in [5.74, 6) is -3.63. The molecular formula is C12H13FN2O6S. The second kappa shape index (κ2) is 5.61. The lowest BCUT2D eigenvalue weighted by atomic mass is 9.99. The van der Waals surface area contributed by atoms with Gasteiger partial charge in [-0.25, -0.2) is 12.8 Å². The van der Waals surface area contributed by atoms with Gasteiger partial charge in [0.05, 0.1) is 16.9 Å². The number of carbonyl (C=O) groups is 1. The molecule has 10 heteroatoms. The van der Waals surface area contributed by atoms with Gasteiger partial charge in [0.15, 0.2) is 0 Å². The number of carboxylic acid groups (broad SMARTS) is 1. The molecule has 1 N–H and O–H groups in total. The first-order valence-corrected chi connectivity index (χ1v) is 7.75. The van der Waals surface area contributed by atoms with Crippen molar-refractivity contribution in [2.24, 2.45) is 11.8 Å². The van der Waals surface area contributed by atoms with Crippen LogP contribution in [0.5, 0.6) is 0 Å². The monoisotopic (exact) mass is 332 g/mol. The van der Waals surface area contributed by atoms with E-state index < -0.39 is 49.2 Å². The van der Waals surface area contributed by atoms with Crippen molar-refractivity contribution in [1.29, 1.82) is 0 Å². The highest BCUT2D eigenvalue weighted by atomic mass is 32.2. The lowest BCUT2D eigenvalue weighted by Gasteiger charge is -2.16. The van der Waals surface area contributed by atoms with Gasteiger partial charge >= 0.3 is 5.97 Å². The summed E-state index contributed by atoms with van der Waals surface area (Å²) in [7, 11) is -4.24. The maximum Gasteiger partial charge on any atom is 0.308 e.